The van der Waals surface area contributed by atoms with Crippen LogP contribution in [0.15, 0.2) is 30.3 Å². The maximum atomic E-state index is 13.4. The van der Waals surface area contributed by atoms with Crippen LogP contribution < -0.4 is 5.32 Å². The summed E-state index contributed by atoms with van der Waals surface area (Å²) in [5, 5.41) is 3.11. The van der Waals surface area contributed by atoms with Gasteiger partial charge in [-0.05, 0) is 50.1 Å². The highest BCUT2D eigenvalue weighted by Crippen LogP contribution is 2.32. The predicted molar refractivity (Wildman–Crippen MR) is 118 cm³/mol. The van der Waals surface area contributed by atoms with Gasteiger partial charge in [0.05, 0.1) is 6.04 Å². The molecule has 0 bridgehead atoms. The van der Waals surface area contributed by atoms with Crippen molar-refractivity contribution in [1.29, 1.82) is 0 Å². The molecule has 0 aliphatic carbocycles. The molecule has 1 aromatic carbocycles. The minimum Gasteiger partial charge on any atom is -0.323 e. The van der Waals surface area contributed by atoms with Crippen LogP contribution in [0.4, 0.5) is 4.79 Å². The van der Waals surface area contributed by atoms with E-state index in [9.17, 15) is 9.59 Å². The normalized spacial score (nSPS) is 25.3. The molecular weight excluding hydrogens is 376 g/mol. The van der Waals surface area contributed by atoms with Gasteiger partial charge in [0.25, 0.3) is 5.91 Å². The summed E-state index contributed by atoms with van der Waals surface area (Å²) >= 11 is 0. The lowest BCUT2D eigenvalue weighted by atomic mass is 9.87. The number of hydrogen-bond acceptors (Lipinski definition) is 4. The number of piperidine rings is 2. The molecule has 1 atom stereocenters. The fourth-order valence-electron chi connectivity index (χ4n) is 5.33. The lowest BCUT2D eigenvalue weighted by Crippen LogP contribution is -2.56. The summed E-state index contributed by atoms with van der Waals surface area (Å²) in [6, 6.07) is 10.4. The van der Waals surface area contributed by atoms with Gasteiger partial charge in [-0.1, -0.05) is 44.2 Å². The highest BCUT2D eigenvalue weighted by molar-refractivity contribution is 6.07. The zero-order valence-corrected chi connectivity index (χ0v) is 18.5. The number of nitrogens with zero attached hydrogens (tertiary/aromatic N) is 3. The van der Waals surface area contributed by atoms with Crippen molar-refractivity contribution in [2.75, 3.05) is 39.3 Å². The molecule has 4 rings (SSSR count). The first-order valence-corrected chi connectivity index (χ1v) is 11.6. The van der Waals surface area contributed by atoms with E-state index in [4.69, 9.17) is 0 Å². The summed E-state index contributed by atoms with van der Waals surface area (Å²) in [6.07, 6.45) is 4.42. The summed E-state index contributed by atoms with van der Waals surface area (Å²) in [5.41, 5.74) is 0.665. The van der Waals surface area contributed by atoms with Crippen LogP contribution in [0.2, 0.25) is 0 Å². The molecule has 0 unspecified atom stereocenters. The van der Waals surface area contributed by atoms with Gasteiger partial charge in [0.2, 0.25) is 0 Å². The average molecular weight is 413 g/mol. The van der Waals surface area contributed by atoms with Gasteiger partial charge in [0, 0.05) is 32.7 Å². The van der Waals surface area contributed by atoms with Crippen LogP contribution >= 0.6 is 0 Å². The second kappa shape index (κ2) is 9.06. The lowest BCUT2D eigenvalue weighted by molar-refractivity contribution is -0.135. The molecule has 3 fully saturated rings. The minimum atomic E-state index is -0.680. The molecule has 1 aromatic rings. The monoisotopic (exact) mass is 412 g/mol. The summed E-state index contributed by atoms with van der Waals surface area (Å²) < 4.78 is 0. The molecule has 1 spiro atoms. The number of imide groups is 1. The van der Waals surface area contributed by atoms with E-state index in [1.54, 1.807) is 4.90 Å². The van der Waals surface area contributed by atoms with Crippen molar-refractivity contribution in [1.82, 2.24) is 20.0 Å². The first-order chi connectivity index (χ1) is 14.5. The second-order valence-corrected chi connectivity index (χ2v) is 9.71. The molecule has 1 N–H and O–H groups in total. The van der Waals surface area contributed by atoms with Crippen molar-refractivity contribution in [2.45, 2.75) is 57.5 Å². The molecular formula is C24H36N4O2. The quantitative estimate of drug-likeness (QED) is 0.730. The predicted octanol–water partition coefficient (Wildman–Crippen LogP) is 2.74. The third-order valence-electron chi connectivity index (χ3n) is 6.93. The van der Waals surface area contributed by atoms with E-state index in [0.29, 0.717) is 18.8 Å². The Hall–Kier alpha value is -1.92. The van der Waals surface area contributed by atoms with Crippen LogP contribution in [0.3, 0.4) is 0 Å². The van der Waals surface area contributed by atoms with Gasteiger partial charge in [-0.2, -0.15) is 0 Å². The number of amides is 3. The second-order valence-electron chi connectivity index (χ2n) is 9.71. The number of carbonyl (C=O) groups is 2. The number of benzene rings is 1. The number of rotatable bonds is 6. The molecule has 3 amide bonds. The van der Waals surface area contributed by atoms with Crippen LogP contribution in [-0.2, 0) is 11.2 Å². The van der Waals surface area contributed by atoms with Crippen molar-refractivity contribution >= 4 is 11.9 Å². The molecule has 6 nitrogen and oxygen atoms in total. The van der Waals surface area contributed by atoms with Gasteiger partial charge in [-0.15, -0.1) is 0 Å². The molecule has 6 heteroatoms. The van der Waals surface area contributed by atoms with Gasteiger partial charge in [0.1, 0.15) is 5.54 Å². The summed E-state index contributed by atoms with van der Waals surface area (Å²) in [7, 11) is 0. The van der Waals surface area contributed by atoms with Crippen LogP contribution in [0.25, 0.3) is 0 Å². The first kappa shape index (κ1) is 21.3. The standard InChI is InChI=1S/C24H36N4O2/c1-19(2)17-27-13-6-9-21(18-27)28-22(29)24(25-23(28)30)11-15-26(16-12-24)14-10-20-7-4-3-5-8-20/h3-5,7-8,19,21H,6,9-18H2,1-2H3,(H,25,30)/t21-/m1/s1. The topological polar surface area (TPSA) is 55.9 Å². The average Bonchev–Trinajstić information content (AvgIpc) is 2.97. The van der Waals surface area contributed by atoms with Crippen molar-refractivity contribution in [3.63, 3.8) is 0 Å². The number of carbonyl (C=O) groups excluding carboxylic acids is 2. The van der Waals surface area contributed by atoms with Crippen LogP contribution in [0.5, 0.6) is 0 Å². The summed E-state index contributed by atoms with van der Waals surface area (Å²) in [4.78, 5) is 32.7. The number of nitrogens with one attached hydrogen (secondary N) is 1. The Morgan fingerprint density at radius 2 is 1.80 bits per heavy atom. The molecule has 0 saturated carbocycles. The Labute approximate surface area is 180 Å². The molecule has 30 heavy (non-hydrogen) atoms. The Kier molecular flexibility index (Phi) is 6.44. The Morgan fingerprint density at radius 3 is 2.50 bits per heavy atom. The molecule has 164 valence electrons. The zero-order chi connectivity index (χ0) is 21.1. The SMILES string of the molecule is CC(C)CN1CCC[C@@H](N2C(=O)NC3(CCN(CCc4ccccc4)CC3)C2=O)C1. The number of hydrogen-bond donors (Lipinski definition) is 1. The highest BCUT2D eigenvalue weighted by atomic mass is 16.2. The number of urea groups is 1. The van der Waals surface area contributed by atoms with Crippen LogP contribution in [-0.4, -0.2) is 77.5 Å². The van der Waals surface area contributed by atoms with Gasteiger partial charge in [0.15, 0.2) is 0 Å². The number of likely N-dealkylation sites (tertiary alicyclic amines) is 2. The third-order valence-corrected chi connectivity index (χ3v) is 6.93. The van der Waals surface area contributed by atoms with Crippen LogP contribution in [0.1, 0.15) is 45.1 Å². The lowest BCUT2D eigenvalue weighted by Gasteiger charge is -2.39. The molecule has 3 aliphatic heterocycles. The largest absolute Gasteiger partial charge is 0.325 e. The van der Waals surface area contributed by atoms with Crippen LogP contribution in [0, 0.1) is 5.92 Å². The molecule has 3 heterocycles. The molecule has 3 saturated heterocycles. The summed E-state index contributed by atoms with van der Waals surface area (Å²) in [5.74, 6) is 0.616. The first-order valence-electron chi connectivity index (χ1n) is 11.6. The maximum Gasteiger partial charge on any atom is 0.325 e. The van der Waals surface area contributed by atoms with E-state index in [-0.39, 0.29) is 18.0 Å². The van der Waals surface area contributed by atoms with Gasteiger partial charge < -0.3 is 15.1 Å². The van der Waals surface area contributed by atoms with Crippen molar-refractivity contribution in [2.24, 2.45) is 5.92 Å². The van der Waals surface area contributed by atoms with Gasteiger partial charge in [-0.25, -0.2) is 4.79 Å². The van der Waals surface area contributed by atoms with Gasteiger partial charge >= 0.3 is 6.03 Å². The minimum absolute atomic E-state index is 0.0143. The van der Waals surface area contributed by atoms with Crippen molar-refractivity contribution in [3.05, 3.63) is 35.9 Å². The van der Waals surface area contributed by atoms with Gasteiger partial charge in [-0.3, -0.25) is 9.69 Å². The Bertz CT molecular complexity index is 743. The smallest absolute Gasteiger partial charge is 0.323 e. The van der Waals surface area contributed by atoms with E-state index in [1.807, 2.05) is 6.07 Å². The zero-order valence-electron chi connectivity index (χ0n) is 18.5. The van der Waals surface area contributed by atoms with Crippen molar-refractivity contribution < 1.29 is 9.59 Å². The Morgan fingerprint density at radius 1 is 1.07 bits per heavy atom. The van der Waals surface area contributed by atoms with E-state index >= 15 is 0 Å². The molecule has 3 aliphatic rings. The fourth-order valence-corrected chi connectivity index (χ4v) is 5.33. The Balaban J connectivity index is 1.33. The molecule has 0 radical (unpaired) electrons. The van der Waals surface area contributed by atoms with Crippen molar-refractivity contribution in [3.8, 4) is 0 Å². The van der Waals surface area contributed by atoms with E-state index in [2.05, 4.69) is 53.2 Å². The summed E-state index contributed by atoms with van der Waals surface area (Å²) in [6.45, 7) is 10.1. The third kappa shape index (κ3) is 4.54. The van der Waals surface area contributed by atoms with E-state index in [1.165, 1.54) is 5.56 Å². The highest BCUT2D eigenvalue weighted by Gasteiger charge is 2.54. The van der Waals surface area contributed by atoms with E-state index in [0.717, 1.165) is 58.5 Å². The van der Waals surface area contributed by atoms with E-state index < -0.39 is 5.54 Å². The fraction of sp³-hybridized carbons (Fsp3) is 0.667. The maximum absolute atomic E-state index is 13.4. The molecule has 0 aromatic heterocycles.